The van der Waals surface area contributed by atoms with Gasteiger partial charge in [-0.05, 0) is 17.9 Å². The van der Waals surface area contributed by atoms with Crippen LogP contribution in [-0.4, -0.2) is 25.9 Å². The number of amides is 1. The molecule has 0 aliphatic carbocycles. The van der Waals surface area contributed by atoms with Gasteiger partial charge >= 0.3 is 0 Å². The Hall–Kier alpha value is -2.54. The molecule has 3 rings (SSSR count). The van der Waals surface area contributed by atoms with Crippen LogP contribution < -0.4 is 5.32 Å². The Morgan fingerprint density at radius 3 is 2.69 bits per heavy atom. The summed E-state index contributed by atoms with van der Waals surface area (Å²) in [6.45, 7) is 6.94. The highest BCUT2D eigenvalue weighted by Crippen LogP contribution is 2.20. The quantitative estimate of drug-likeness (QED) is 0.687. The topological polar surface area (TPSA) is 72.7 Å². The first-order chi connectivity index (χ1) is 12.6. The lowest BCUT2D eigenvalue weighted by molar-refractivity contribution is 0.102. The van der Waals surface area contributed by atoms with Gasteiger partial charge in [0.1, 0.15) is 5.01 Å². The van der Waals surface area contributed by atoms with Crippen LogP contribution in [0.2, 0.25) is 0 Å². The molecule has 1 amide bonds. The van der Waals surface area contributed by atoms with Crippen molar-refractivity contribution >= 4 is 22.4 Å². The van der Waals surface area contributed by atoms with Crippen molar-refractivity contribution in [2.45, 2.75) is 40.2 Å². The van der Waals surface area contributed by atoms with E-state index in [0.717, 1.165) is 29.1 Å². The highest BCUT2D eigenvalue weighted by Gasteiger charge is 2.18. The minimum atomic E-state index is -0.187. The van der Waals surface area contributed by atoms with Gasteiger partial charge in [-0.2, -0.15) is 5.10 Å². The molecule has 2 heterocycles. The van der Waals surface area contributed by atoms with E-state index >= 15 is 0 Å². The zero-order valence-corrected chi connectivity index (χ0v) is 16.1. The number of nitrogens with zero attached hydrogens (tertiary/aromatic N) is 4. The molecular formula is C19H23N5OS. The number of hydrogen-bond donors (Lipinski definition) is 1. The molecule has 1 N–H and O–H groups in total. The van der Waals surface area contributed by atoms with E-state index in [9.17, 15) is 4.79 Å². The maximum absolute atomic E-state index is 12.7. The molecule has 2 aromatic heterocycles. The summed E-state index contributed by atoms with van der Waals surface area (Å²) in [6.07, 6.45) is 3.22. The van der Waals surface area contributed by atoms with Gasteiger partial charge in [-0.3, -0.25) is 14.8 Å². The molecule has 136 valence electrons. The maximum Gasteiger partial charge on any atom is 0.260 e. The zero-order valence-electron chi connectivity index (χ0n) is 15.3. The van der Waals surface area contributed by atoms with Crippen LogP contribution in [0.15, 0.2) is 36.5 Å². The molecule has 0 radical (unpaired) electrons. The number of aromatic nitrogens is 4. The molecule has 0 saturated heterocycles. The summed E-state index contributed by atoms with van der Waals surface area (Å²) >= 11 is 1.43. The minimum absolute atomic E-state index is 0.187. The second-order valence-corrected chi connectivity index (χ2v) is 7.62. The third kappa shape index (κ3) is 4.35. The van der Waals surface area contributed by atoms with Gasteiger partial charge in [0, 0.05) is 6.42 Å². The standard InChI is InChI=1S/C19H23N5OS/c1-4-16-15(11-20-24(16)12-14-8-6-5-7-9-14)18(25)21-19-23-22-17(26-19)10-13(2)3/h5-9,11,13H,4,10,12H2,1-3H3,(H,21,23,25). The van der Waals surface area contributed by atoms with Crippen LogP contribution in [-0.2, 0) is 19.4 Å². The van der Waals surface area contributed by atoms with Crippen molar-refractivity contribution in [2.24, 2.45) is 5.92 Å². The number of rotatable bonds is 7. The Kier molecular flexibility index (Phi) is 5.78. The molecule has 0 bridgehead atoms. The Morgan fingerprint density at radius 1 is 1.23 bits per heavy atom. The minimum Gasteiger partial charge on any atom is -0.296 e. The molecular weight excluding hydrogens is 346 g/mol. The van der Waals surface area contributed by atoms with Crippen LogP contribution in [0.1, 0.15) is 47.4 Å². The molecule has 0 aliphatic rings. The van der Waals surface area contributed by atoms with Crippen molar-refractivity contribution in [3.05, 3.63) is 58.4 Å². The first-order valence-electron chi connectivity index (χ1n) is 8.79. The summed E-state index contributed by atoms with van der Waals surface area (Å²) in [5.41, 5.74) is 2.65. The van der Waals surface area contributed by atoms with Crippen LogP contribution >= 0.6 is 11.3 Å². The van der Waals surface area contributed by atoms with Crippen molar-refractivity contribution in [3.63, 3.8) is 0 Å². The van der Waals surface area contributed by atoms with Crippen molar-refractivity contribution in [3.8, 4) is 0 Å². The lowest BCUT2D eigenvalue weighted by Crippen LogP contribution is -2.15. The molecule has 0 spiro atoms. The monoisotopic (exact) mass is 369 g/mol. The summed E-state index contributed by atoms with van der Waals surface area (Å²) in [6, 6.07) is 10.1. The number of anilines is 1. The Labute approximate surface area is 157 Å². The van der Waals surface area contributed by atoms with Crippen molar-refractivity contribution in [2.75, 3.05) is 5.32 Å². The van der Waals surface area contributed by atoms with Crippen molar-refractivity contribution < 1.29 is 4.79 Å². The predicted octanol–water partition coefficient (Wildman–Crippen LogP) is 3.80. The SMILES string of the molecule is CCc1c(C(=O)Nc2nnc(CC(C)C)s2)cnn1Cc1ccccc1. The second kappa shape index (κ2) is 8.23. The van der Waals surface area contributed by atoms with Gasteiger partial charge in [-0.25, -0.2) is 0 Å². The highest BCUT2D eigenvalue weighted by molar-refractivity contribution is 7.15. The van der Waals surface area contributed by atoms with Gasteiger partial charge < -0.3 is 0 Å². The summed E-state index contributed by atoms with van der Waals surface area (Å²) in [5, 5.41) is 16.9. The van der Waals surface area contributed by atoms with Gasteiger partial charge in [0.2, 0.25) is 5.13 Å². The zero-order chi connectivity index (χ0) is 18.5. The van der Waals surface area contributed by atoms with Gasteiger partial charge in [-0.15, -0.1) is 10.2 Å². The van der Waals surface area contributed by atoms with Gasteiger partial charge in [0.05, 0.1) is 24.0 Å². The highest BCUT2D eigenvalue weighted by atomic mass is 32.1. The molecule has 0 saturated carbocycles. The van der Waals surface area contributed by atoms with Crippen LogP contribution in [0.5, 0.6) is 0 Å². The van der Waals surface area contributed by atoms with E-state index in [4.69, 9.17) is 0 Å². The van der Waals surface area contributed by atoms with Crippen molar-refractivity contribution in [1.82, 2.24) is 20.0 Å². The van der Waals surface area contributed by atoms with Crippen molar-refractivity contribution in [1.29, 1.82) is 0 Å². The first kappa shape index (κ1) is 18.3. The van der Waals surface area contributed by atoms with E-state index in [1.807, 2.05) is 29.8 Å². The fourth-order valence-electron chi connectivity index (χ4n) is 2.77. The molecule has 26 heavy (non-hydrogen) atoms. The van der Waals surface area contributed by atoms with Crippen LogP contribution in [0, 0.1) is 5.92 Å². The molecule has 1 aromatic carbocycles. The number of nitrogens with one attached hydrogen (secondary N) is 1. The summed E-state index contributed by atoms with van der Waals surface area (Å²) in [7, 11) is 0. The Morgan fingerprint density at radius 2 is 2.00 bits per heavy atom. The van der Waals surface area contributed by atoms with E-state index < -0.39 is 0 Å². The third-order valence-corrected chi connectivity index (χ3v) is 4.83. The average molecular weight is 369 g/mol. The van der Waals surface area contributed by atoms with E-state index in [0.29, 0.717) is 23.2 Å². The number of carbonyl (C=O) groups is 1. The van der Waals surface area contributed by atoms with E-state index in [1.165, 1.54) is 11.3 Å². The summed E-state index contributed by atoms with van der Waals surface area (Å²) in [5.74, 6) is 0.322. The van der Waals surface area contributed by atoms with Gasteiger partial charge in [0.25, 0.3) is 5.91 Å². The maximum atomic E-state index is 12.7. The molecule has 6 nitrogen and oxygen atoms in total. The lowest BCUT2D eigenvalue weighted by Gasteiger charge is -2.08. The van der Waals surface area contributed by atoms with E-state index in [2.05, 4.69) is 46.6 Å². The smallest absolute Gasteiger partial charge is 0.260 e. The molecule has 0 fully saturated rings. The average Bonchev–Trinajstić information content (AvgIpc) is 3.21. The Bertz CT molecular complexity index is 869. The molecule has 0 atom stereocenters. The van der Waals surface area contributed by atoms with Crippen LogP contribution in [0.25, 0.3) is 0 Å². The molecule has 3 aromatic rings. The van der Waals surface area contributed by atoms with E-state index in [-0.39, 0.29) is 5.91 Å². The predicted molar refractivity (Wildman–Crippen MR) is 104 cm³/mol. The van der Waals surface area contributed by atoms with Crippen LogP contribution in [0.4, 0.5) is 5.13 Å². The second-order valence-electron chi connectivity index (χ2n) is 6.55. The molecule has 0 aliphatic heterocycles. The Balaban J connectivity index is 1.74. The fraction of sp³-hybridized carbons (Fsp3) is 0.368. The largest absolute Gasteiger partial charge is 0.296 e. The molecule has 7 heteroatoms. The molecule has 0 unspecified atom stereocenters. The third-order valence-electron chi connectivity index (χ3n) is 3.97. The van der Waals surface area contributed by atoms with Gasteiger partial charge in [-0.1, -0.05) is 62.4 Å². The number of hydrogen-bond acceptors (Lipinski definition) is 5. The first-order valence-corrected chi connectivity index (χ1v) is 9.60. The fourth-order valence-corrected chi connectivity index (χ4v) is 3.71. The number of carbonyl (C=O) groups excluding carboxylic acids is 1. The normalized spacial score (nSPS) is 11.1. The summed E-state index contributed by atoms with van der Waals surface area (Å²) < 4.78 is 1.88. The van der Waals surface area contributed by atoms with E-state index in [1.54, 1.807) is 6.20 Å². The number of benzene rings is 1. The lowest BCUT2D eigenvalue weighted by atomic mass is 10.1. The van der Waals surface area contributed by atoms with Gasteiger partial charge in [0.15, 0.2) is 0 Å². The van der Waals surface area contributed by atoms with Crippen LogP contribution in [0.3, 0.4) is 0 Å². The summed E-state index contributed by atoms with van der Waals surface area (Å²) in [4.78, 5) is 12.7.